The van der Waals surface area contributed by atoms with Crippen LogP contribution in [0.25, 0.3) is 17.1 Å². The second-order valence-electron chi connectivity index (χ2n) is 8.26. The Morgan fingerprint density at radius 2 is 1.54 bits per heavy atom. The first-order valence-electron chi connectivity index (χ1n) is 11.2. The summed E-state index contributed by atoms with van der Waals surface area (Å²) in [7, 11) is 3.09. The van der Waals surface area contributed by atoms with Crippen LogP contribution in [0, 0.1) is 6.92 Å². The Morgan fingerprint density at radius 1 is 0.914 bits per heavy atom. The van der Waals surface area contributed by atoms with E-state index in [0.29, 0.717) is 34.6 Å². The summed E-state index contributed by atoms with van der Waals surface area (Å²) in [4.78, 5) is 17.4. The van der Waals surface area contributed by atoms with Gasteiger partial charge in [0.15, 0.2) is 5.82 Å². The fourth-order valence-electron chi connectivity index (χ4n) is 3.45. The Kier molecular flexibility index (Phi) is 7.01. The summed E-state index contributed by atoms with van der Waals surface area (Å²) < 4.78 is 18.0. The van der Waals surface area contributed by atoms with Gasteiger partial charge < -0.3 is 19.5 Å². The zero-order chi connectivity index (χ0) is 24.9. The highest BCUT2D eigenvalue weighted by Crippen LogP contribution is 2.26. The van der Waals surface area contributed by atoms with Crippen LogP contribution in [0.1, 0.15) is 29.8 Å². The van der Waals surface area contributed by atoms with Crippen molar-refractivity contribution >= 4 is 11.6 Å². The molecule has 3 aromatic carbocycles. The number of nitrogens with one attached hydrogen (secondary N) is 1. The molecule has 180 valence electrons. The van der Waals surface area contributed by atoms with Crippen LogP contribution in [0.4, 0.5) is 5.69 Å². The standard InChI is InChI=1S/C27H28N4O4/c1-17(2)35-27-29-25(19-8-6-18(3)7-9-19)31(30-27)22-12-10-21(11-13-22)28-26(32)20-14-23(33-4)16-24(15-20)34-5/h6-17H,1-5H3,(H,28,32). The molecule has 0 saturated heterocycles. The van der Waals surface area contributed by atoms with Crippen molar-refractivity contribution in [3.63, 3.8) is 0 Å². The van der Waals surface area contributed by atoms with Crippen molar-refractivity contribution in [1.29, 1.82) is 0 Å². The summed E-state index contributed by atoms with van der Waals surface area (Å²) in [6.07, 6.45) is -0.0514. The SMILES string of the molecule is COc1cc(OC)cc(C(=O)Nc2ccc(-n3nc(OC(C)C)nc3-c3ccc(C)cc3)cc2)c1. The maximum absolute atomic E-state index is 12.8. The molecule has 4 aromatic rings. The molecule has 0 aliphatic rings. The Bertz CT molecular complexity index is 1290. The number of benzene rings is 3. The zero-order valence-corrected chi connectivity index (χ0v) is 20.4. The van der Waals surface area contributed by atoms with E-state index in [2.05, 4.69) is 15.4 Å². The van der Waals surface area contributed by atoms with E-state index in [9.17, 15) is 4.79 Å². The lowest BCUT2D eigenvalue weighted by atomic mass is 10.1. The molecule has 8 nitrogen and oxygen atoms in total. The first-order valence-corrected chi connectivity index (χ1v) is 11.2. The highest BCUT2D eigenvalue weighted by atomic mass is 16.5. The number of aryl methyl sites for hydroxylation is 1. The highest BCUT2D eigenvalue weighted by Gasteiger charge is 2.16. The molecule has 0 saturated carbocycles. The molecule has 1 heterocycles. The van der Waals surface area contributed by atoms with E-state index >= 15 is 0 Å². The molecule has 0 atom stereocenters. The quantitative estimate of drug-likeness (QED) is 0.374. The summed E-state index contributed by atoms with van der Waals surface area (Å²) in [5.74, 6) is 1.47. The number of hydrogen-bond donors (Lipinski definition) is 1. The summed E-state index contributed by atoms with van der Waals surface area (Å²) in [6, 6.07) is 20.8. The van der Waals surface area contributed by atoms with Gasteiger partial charge in [0.2, 0.25) is 0 Å². The van der Waals surface area contributed by atoms with Crippen molar-refractivity contribution in [2.45, 2.75) is 26.9 Å². The molecule has 1 amide bonds. The third-order valence-electron chi connectivity index (χ3n) is 5.22. The number of rotatable bonds is 8. The normalized spacial score (nSPS) is 10.8. The number of aromatic nitrogens is 3. The average molecular weight is 473 g/mol. The fraction of sp³-hybridized carbons (Fsp3) is 0.222. The van der Waals surface area contributed by atoms with Gasteiger partial charge in [0.1, 0.15) is 11.5 Å². The summed E-state index contributed by atoms with van der Waals surface area (Å²) in [5, 5.41) is 7.47. The summed E-state index contributed by atoms with van der Waals surface area (Å²) in [5.41, 5.74) is 3.93. The van der Waals surface area contributed by atoms with Crippen molar-refractivity contribution in [1.82, 2.24) is 14.8 Å². The number of ether oxygens (including phenoxy) is 3. The van der Waals surface area contributed by atoms with Gasteiger partial charge in [-0.25, -0.2) is 4.68 Å². The lowest BCUT2D eigenvalue weighted by Crippen LogP contribution is -2.12. The van der Waals surface area contributed by atoms with E-state index in [1.54, 1.807) is 37.1 Å². The molecule has 1 N–H and O–H groups in total. The molecular weight excluding hydrogens is 444 g/mol. The van der Waals surface area contributed by atoms with E-state index in [-0.39, 0.29) is 12.0 Å². The summed E-state index contributed by atoms with van der Waals surface area (Å²) >= 11 is 0. The second kappa shape index (κ2) is 10.3. The van der Waals surface area contributed by atoms with E-state index in [4.69, 9.17) is 14.2 Å². The van der Waals surface area contributed by atoms with Gasteiger partial charge in [0.25, 0.3) is 5.91 Å². The molecular formula is C27H28N4O4. The third-order valence-corrected chi connectivity index (χ3v) is 5.22. The van der Waals surface area contributed by atoms with E-state index < -0.39 is 0 Å². The van der Waals surface area contributed by atoms with Crippen LogP contribution < -0.4 is 19.5 Å². The smallest absolute Gasteiger partial charge is 0.336 e. The summed E-state index contributed by atoms with van der Waals surface area (Å²) in [6.45, 7) is 5.90. The van der Waals surface area contributed by atoms with Crippen LogP contribution in [0.15, 0.2) is 66.7 Å². The number of carbonyl (C=O) groups is 1. The predicted octanol–water partition coefficient (Wildman–Crippen LogP) is 5.30. The molecule has 0 radical (unpaired) electrons. The molecule has 0 unspecified atom stereocenters. The number of anilines is 1. The Labute approximate surface area is 204 Å². The Balaban J connectivity index is 1.60. The fourth-order valence-corrected chi connectivity index (χ4v) is 3.45. The molecule has 0 spiro atoms. The molecule has 8 heteroatoms. The van der Waals surface area contributed by atoms with Gasteiger partial charge in [-0.15, -0.1) is 5.10 Å². The van der Waals surface area contributed by atoms with Crippen molar-refractivity contribution in [3.8, 4) is 34.6 Å². The van der Waals surface area contributed by atoms with Gasteiger partial charge in [-0.2, -0.15) is 4.98 Å². The number of hydrogen-bond acceptors (Lipinski definition) is 6. The number of methoxy groups -OCH3 is 2. The van der Waals surface area contributed by atoms with Gasteiger partial charge in [0, 0.05) is 22.9 Å². The first-order chi connectivity index (χ1) is 16.9. The minimum atomic E-state index is -0.274. The van der Waals surface area contributed by atoms with Crippen molar-refractivity contribution < 1.29 is 19.0 Å². The van der Waals surface area contributed by atoms with Gasteiger partial charge in [-0.1, -0.05) is 29.8 Å². The minimum Gasteiger partial charge on any atom is -0.497 e. The Morgan fingerprint density at radius 3 is 2.11 bits per heavy atom. The largest absolute Gasteiger partial charge is 0.497 e. The predicted molar refractivity (Wildman–Crippen MR) is 135 cm³/mol. The Hall–Kier alpha value is -4.33. The van der Waals surface area contributed by atoms with Crippen LogP contribution in [0.5, 0.6) is 17.5 Å². The molecule has 0 fully saturated rings. The lowest BCUT2D eigenvalue weighted by Gasteiger charge is -2.10. The monoisotopic (exact) mass is 472 g/mol. The lowest BCUT2D eigenvalue weighted by molar-refractivity contribution is 0.102. The average Bonchev–Trinajstić information content (AvgIpc) is 3.27. The van der Waals surface area contributed by atoms with Gasteiger partial charge >= 0.3 is 6.01 Å². The molecule has 0 bridgehead atoms. The van der Waals surface area contributed by atoms with Crippen LogP contribution >= 0.6 is 0 Å². The maximum Gasteiger partial charge on any atom is 0.336 e. The number of carbonyl (C=O) groups excluding carboxylic acids is 1. The van der Waals surface area contributed by atoms with Crippen molar-refractivity contribution in [2.24, 2.45) is 0 Å². The van der Waals surface area contributed by atoms with Crippen LogP contribution in [-0.2, 0) is 0 Å². The minimum absolute atomic E-state index is 0.0514. The van der Waals surface area contributed by atoms with Crippen molar-refractivity contribution in [3.05, 3.63) is 77.9 Å². The first kappa shape index (κ1) is 23.8. The van der Waals surface area contributed by atoms with Crippen LogP contribution in [-0.4, -0.2) is 41.0 Å². The molecule has 0 aliphatic heterocycles. The topological polar surface area (TPSA) is 87.5 Å². The maximum atomic E-state index is 12.8. The number of nitrogens with zero attached hydrogens (tertiary/aromatic N) is 3. The van der Waals surface area contributed by atoms with E-state index in [0.717, 1.165) is 16.8 Å². The van der Waals surface area contributed by atoms with Crippen LogP contribution in [0.3, 0.4) is 0 Å². The second-order valence-corrected chi connectivity index (χ2v) is 8.26. The third kappa shape index (κ3) is 5.60. The van der Waals surface area contributed by atoms with Crippen molar-refractivity contribution in [2.75, 3.05) is 19.5 Å². The van der Waals surface area contributed by atoms with Gasteiger partial charge in [0.05, 0.1) is 26.0 Å². The van der Waals surface area contributed by atoms with Gasteiger partial charge in [-0.05, 0) is 57.2 Å². The van der Waals surface area contributed by atoms with Gasteiger partial charge in [-0.3, -0.25) is 4.79 Å². The van der Waals surface area contributed by atoms with E-state index in [1.165, 1.54) is 0 Å². The van der Waals surface area contributed by atoms with Crippen LogP contribution in [0.2, 0.25) is 0 Å². The molecule has 0 aliphatic carbocycles. The molecule has 1 aromatic heterocycles. The molecule has 4 rings (SSSR count). The highest BCUT2D eigenvalue weighted by molar-refractivity contribution is 6.04. The van der Waals surface area contributed by atoms with E-state index in [1.807, 2.05) is 69.3 Å². The molecule has 35 heavy (non-hydrogen) atoms. The zero-order valence-electron chi connectivity index (χ0n) is 20.4. The number of amides is 1.